The van der Waals surface area contributed by atoms with Crippen LogP contribution >= 0.6 is 7.37 Å². The Morgan fingerprint density at radius 1 is 0.315 bits per heavy atom. The molecular formula is C105H102B2Fe2N11O3P+. The molecule has 19 heteroatoms. The number of rotatable bonds is 26. The summed E-state index contributed by atoms with van der Waals surface area (Å²) in [6.07, 6.45) is -3.36. The topological polar surface area (TPSA) is 165 Å². The predicted molar refractivity (Wildman–Crippen MR) is 505 cm³/mol. The first-order valence-electron chi connectivity index (χ1n) is 42.3. The summed E-state index contributed by atoms with van der Waals surface area (Å²) in [5.41, 5.74) is 19.0. The Bertz CT molecular complexity index is 5520. The molecule has 0 bridgehead atoms. The van der Waals surface area contributed by atoms with E-state index in [2.05, 4.69) is 371 Å². The monoisotopic (exact) mass is 1730 g/mol. The molecule has 0 aliphatic carbocycles. The zero-order valence-corrected chi connectivity index (χ0v) is 73.8. The molecule has 1 radical (unpaired) electrons. The summed E-state index contributed by atoms with van der Waals surface area (Å²) < 4.78 is 21.1. The third-order valence-corrected chi connectivity index (χ3v) is 25.1. The van der Waals surface area contributed by atoms with Crippen molar-refractivity contribution in [2.24, 2.45) is 0 Å². The van der Waals surface area contributed by atoms with Crippen LogP contribution in [0, 0.1) is 11.3 Å². The Labute approximate surface area is 750 Å². The molecule has 18 rings (SSSR count). The second-order valence-electron chi connectivity index (χ2n) is 30.5. The molecule has 4 heterocycles. The maximum absolute atomic E-state index is 14.6. The zero-order valence-electron chi connectivity index (χ0n) is 70.7. The second kappa shape index (κ2) is 44.1. The molecular weight excluding hydrogens is 1630 g/mol. The molecule has 0 aliphatic heterocycles. The van der Waals surface area contributed by atoms with Crippen LogP contribution in [0.4, 0.5) is 0 Å². The standard InChI is InChI=1S/C43H49N10O.2C24H20B.C12H11O2P.C2H3N.2Fe/c1-5-50-36-21-13-9-17-32(36)44-40(50)27-48(28-41-45-33-18-10-14-22-37(33)51(41)6-2)25-31(54)26-49(29-42-46-34-19-11-15-23-38(34)52(42)7-3)30-43-47-35-20-12-16-24-39(35)53(43)8-4;2*1-5-13-21(14-6-1)25(22-15-7-2-8-16-22,23-17-9-3-10-18-23)24-19-11-4-12-20-24;13-15(14,11-7-3-1-4-8-11)12-9-5-2-6-10-12;1-2-3;;/h9-24,31H,5-8,25-30H2,1-4H3;2*1-20H;1-10H,(H,13,14);1H3;;/q3*-1;;;+2;+3/p-1. The molecule has 621 valence electrons. The van der Waals surface area contributed by atoms with E-state index >= 15 is 0 Å². The van der Waals surface area contributed by atoms with Gasteiger partial charge in [-0.15, -0.1) is 6.10 Å². The molecule has 0 amide bonds. The second-order valence-corrected chi connectivity index (χ2v) is 32.6. The number of imidazole rings is 4. The Morgan fingerprint density at radius 2 is 0.476 bits per heavy atom. The number of benzene rings is 14. The maximum Gasteiger partial charge on any atom is 3.00 e. The number of fused-ring (bicyclic) bond motifs is 4. The third-order valence-electron chi connectivity index (χ3n) is 23.2. The number of nitriles is 1. The summed E-state index contributed by atoms with van der Waals surface area (Å²) in [6.45, 7) is 16.0. The van der Waals surface area contributed by atoms with E-state index < -0.39 is 25.8 Å². The summed E-state index contributed by atoms with van der Waals surface area (Å²) >= 11 is 0. The summed E-state index contributed by atoms with van der Waals surface area (Å²) in [7, 11) is -3.65. The van der Waals surface area contributed by atoms with Gasteiger partial charge < -0.3 is 32.8 Å². The predicted octanol–water partition coefficient (Wildman–Crippen LogP) is 14.5. The molecule has 0 spiro atoms. The summed E-state index contributed by atoms with van der Waals surface area (Å²) in [4.78, 5) is 36.8. The first kappa shape index (κ1) is 90.9. The molecule has 0 atom stereocenters. The Hall–Kier alpha value is -12.3. The van der Waals surface area contributed by atoms with Gasteiger partial charge in [-0.2, -0.15) is 49.0 Å². The average Bonchev–Trinajstić information content (AvgIpc) is 1.47. The third kappa shape index (κ3) is 20.5. The van der Waals surface area contributed by atoms with E-state index in [1.165, 1.54) is 50.6 Å². The van der Waals surface area contributed by atoms with Gasteiger partial charge in [-0.25, -0.2) is 19.9 Å². The van der Waals surface area contributed by atoms with Crippen LogP contribution in [-0.2, 0) is 91.1 Å². The number of nitrogens with zero attached hydrogens (tertiary/aromatic N) is 11. The number of aryl methyl sites for hydroxylation is 4. The minimum Gasteiger partial charge on any atom is -0.850 e. The van der Waals surface area contributed by atoms with Crippen LogP contribution in [0.15, 0.2) is 400 Å². The van der Waals surface area contributed by atoms with Gasteiger partial charge >= 0.3 is 34.1 Å². The van der Waals surface area contributed by atoms with E-state index in [4.69, 9.17) is 25.2 Å². The maximum atomic E-state index is 14.6. The minimum absolute atomic E-state index is 0. The van der Waals surface area contributed by atoms with Gasteiger partial charge in [0.25, 0.3) is 0 Å². The fourth-order valence-corrected chi connectivity index (χ4v) is 19.3. The smallest absolute Gasteiger partial charge is 0.850 e. The van der Waals surface area contributed by atoms with Crippen molar-refractivity contribution in [1.82, 2.24) is 48.0 Å². The van der Waals surface area contributed by atoms with Crippen LogP contribution in [0.1, 0.15) is 57.9 Å². The largest absolute Gasteiger partial charge is 3.00 e. The number of para-hydroxylation sites is 8. The van der Waals surface area contributed by atoms with Crippen LogP contribution < -0.4 is 64.3 Å². The summed E-state index contributed by atoms with van der Waals surface area (Å²) in [5.74, 6) is 3.82. The van der Waals surface area contributed by atoms with Crippen molar-refractivity contribution < 1.29 is 48.7 Å². The van der Waals surface area contributed by atoms with Crippen molar-refractivity contribution in [3.63, 3.8) is 0 Å². The molecule has 0 N–H and O–H groups in total. The molecule has 14 aromatic carbocycles. The van der Waals surface area contributed by atoms with Gasteiger partial charge in [0.05, 0.1) is 83.8 Å². The molecule has 4 aromatic heterocycles. The minimum atomic E-state index is -3.65. The van der Waals surface area contributed by atoms with E-state index in [0.29, 0.717) is 49.9 Å². The van der Waals surface area contributed by atoms with E-state index in [1.807, 2.05) is 24.3 Å². The Kier molecular flexibility index (Phi) is 32.4. The molecule has 14 nitrogen and oxygen atoms in total. The number of hydrogen-bond donors (Lipinski definition) is 0. The average molecular weight is 1730 g/mol. The van der Waals surface area contributed by atoms with E-state index in [0.717, 1.165) is 93.6 Å². The van der Waals surface area contributed by atoms with Gasteiger partial charge in [0, 0.05) is 43.7 Å². The first-order valence-corrected chi connectivity index (χ1v) is 43.9. The van der Waals surface area contributed by atoms with E-state index in [-0.39, 0.29) is 34.1 Å². The SMILES string of the molecule is CC#N.CCn1c(CN(Cc2nc3ccccc3n2CC)CC([O-])CN(Cc2nc3ccccc3n2CC)Cc2nc3ccccc3n2CC)nc2ccccc21.O=P([O-])(c1ccccc1)c1ccccc1.[Fe+2].[Fe+3].c1ccc([B-](c2ccccc2)(c2ccccc2)c2ccccc2)cc1.c1ccc([B-](c2ccccc2)(c2ccccc2)c2ccccc2)cc1. The van der Waals surface area contributed by atoms with Crippen molar-refractivity contribution in [2.75, 3.05) is 13.1 Å². The van der Waals surface area contributed by atoms with Crippen molar-refractivity contribution in [3.8, 4) is 6.07 Å². The van der Waals surface area contributed by atoms with Crippen LogP contribution in [0.2, 0.25) is 0 Å². The molecule has 18 aromatic rings. The van der Waals surface area contributed by atoms with Gasteiger partial charge in [0.2, 0.25) is 0 Å². The van der Waals surface area contributed by atoms with Crippen LogP contribution in [0.25, 0.3) is 44.1 Å². The van der Waals surface area contributed by atoms with Crippen LogP contribution in [-0.4, -0.2) is 79.5 Å². The molecule has 124 heavy (non-hydrogen) atoms. The van der Waals surface area contributed by atoms with E-state index in [9.17, 15) is 14.6 Å². The molecule has 0 saturated heterocycles. The number of hydrogen-bond acceptors (Lipinski definition) is 10. The van der Waals surface area contributed by atoms with Crippen molar-refractivity contribution in [1.29, 1.82) is 5.26 Å². The number of aromatic nitrogens is 8. The van der Waals surface area contributed by atoms with Crippen LogP contribution in [0.5, 0.6) is 0 Å². The Morgan fingerprint density at radius 3 is 0.653 bits per heavy atom. The zero-order chi connectivity index (χ0) is 84.5. The van der Waals surface area contributed by atoms with Gasteiger partial charge in [0.1, 0.15) is 35.6 Å². The quantitative estimate of drug-likeness (QED) is 0.0376. The molecule has 0 saturated carbocycles. The van der Waals surface area contributed by atoms with Gasteiger partial charge in [-0.1, -0.05) is 352 Å². The van der Waals surface area contributed by atoms with Crippen LogP contribution in [0.3, 0.4) is 0 Å². The van der Waals surface area contributed by atoms with Gasteiger partial charge in [-0.05, 0) is 89.3 Å². The normalized spacial score (nSPS) is 11.3. The first-order chi connectivity index (χ1) is 59.9. The van der Waals surface area contributed by atoms with Crippen molar-refractivity contribution in [2.45, 2.75) is 93.1 Å². The van der Waals surface area contributed by atoms with E-state index in [1.54, 1.807) is 66.7 Å². The Balaban J connectivity index is 0.000000166. The van der Waals surface area contributed by atoms with Gasteiger partial charge in [-0.3, -0.25) is 9.80 Å². The van der Waals surface area contributed by atoms with Crippen molar-refractivity contribution in [3.05, 3.63) is 424 Å². The van der Waals surface area contributed by atoms with Gasteiger partial charge in [0.15, 0.2) is 0 Å². The fraction of sp³-hybridized carbons (Fsp3) is 0.152. The molecule has 0 unspecified atom stereocenters. The fourth-order valence-electron chi connectivity index (χ4n) is 17.8. The van der Waals surface area contributed by atoms with Crippen molar-refractivity contribution >= 4 is 118 Å². The molecule has 0 fully saturated rings. The molecule has 0 aliphatic rings. The summed E-state index contributed by atoms with van der Waals surface area (Å²) in [5, 5.41) is 22.7. The summed E-state index contributed by atoms with van der Waals surface area (Å²) in [6, 6.07) is 139.